The molecule has 1 unspecified atom stereocenters. The first-order chi connectivity index (χ1) is 12.1. The van der Waals surface area contributed by atoms with Gasteiger partial charge in [-0.05, 0) is 37.8 Å². The molecule has 1 saturated carbocycles. The predicted octanol–water partition coefficient (Wildman–Crippen LogP) is 1.88. The summed E-state index contributed by atoms with van der Waals surface area (Å²) >= 11 is 0. The van der Waals surface area contributed by atoms with Gasteiger partial charge in [0.25, 0.3) is 5.56 Å². The van der Waals surface area contributed by atoms with Gasteiger partial charge in [0.2, 0.25) is 5.91 Å². The van der Waals surface area contributed by atoms with E-state index in [1.54, 1.807) is 6.07 Å². The van der Waals surface area contributed by atoms with Crippen molar-refractivity contribution >= 4 is 16.8 Å². The number of amides is 1. The van der Waals surface area contributed by atoms with Gasteiger partial charge in [0, 0.05) is 19.4 Å². The van der Waals surface area contributed by atoms with E-state index < -0.39 is 0 Å². The lowest BCUT2D eigenvalue weighted by Gasteiger charge is -2.45. The number of aromatic amines is 1. The highest BCUT2D eigenvalue weighted by molar-refractivity contribution is 5.78. The fourth-order valence-electron chi connectivity index (χ4n) is 3.83. The molecule has 1 saturated heterocycles. The molecule has 1 aromatic heterocycles. The number of nitrogens with one attached hydrogen (secondary N) is 1. The third-order valence-corrected chi connectivity index (χ3v) is 5.47. The number of aryl methyl sites for hydroxylation is 1. The Morgan fingerprint density at radius 2 is 2.20 bits per heavy atom. The van der Waals surface area contributed by atoms with Gasteiger partial charge >= 0.3 is 0 Å². The molecule has 0 spiro atoms. The van der Waals surface area contributed by atoms with Gasteiger partial charge in [-0.2, -0.15) is 0 Å². The van der Waals surface area contributed by atoms with Gasteiger partial charge in [0.15, 0.2) is 0 Å². The van der Waals surface area contributed by atoms with E-state index in [9.17, 15) is 9.59 Å². The van der Waals surface area contributed by atoms with Gasteiger partial charge in [-0.1, -0.05) is 12.1 Å². The summed E-state index contributed by atoms with van der Waals surface area (Å²) in [7, 11) is 0. The number of para-hydroxylation sites is 1. The average Bonchev–Trinajstić information content (AvgIpc) is 3.46. The molecular weight excluding hydrogens is 318 g/mol. The summed E-state index contributed by atoms with van der Waals surface area (Å²) in [6, 6.07) is 7.25. The highest BCUT2D eigenvalue weighted by Gasteiger charge is 2.48. The first kappa shape index (κ1) is 16.3. The normalized spacial score (nSPS) is 23.8. The molecule has 1 aliphatic carbocycles. The van der Waals surface area contributed by atoms with Crippen molar-refractivity contribution in [1.82, 2.24) is 14.9 Å². The Morgan fingerprint density at radius 3 is 3.00 bits per heavy atom. The lowest BCUT2D eigenvalue weighted by atomic mass is 9.92. The molecule has 2 heterocycles. The van der Waals surface area contributed by atoms with Gasteiger partial charge in [-0.3, -0.25) is 9.59 Å². The van der Waals surface area contributed by atoms with Crippen molar-refractivity contribution < 1.29 is 9.53 Å². The van der Waals surface area contributed by atoms with Crippen molar-refractivity contribution in [2.75, 3.05) is 19.8 Å². The largest absolute Gasteiger partial charge is 0.377 e. The molecule has 2 aromatic rings. The van der Waals surface area contributed by atoms with Crippen molar-refractivity contribution in [3.8, 4) is 0 Å². The van der Waals surface area contributed by atoms with Crippen LogP contribution in [0.25, 0.3) is 10.9 Å². The van der Waals surface area contributed by atoms with Crippen LogP contribution in [0.4, 0.5) is 0 Å². The Labute approximate surface area is 146 Å². The summed E-state index contributed by atoms with van der Waals surface area (Å²) in [5.41, 5.74) is 0.338. The van der Waals surface area contributed by atoms with Crippen LogP contribution in [-0.2, 0) is 16.0 Å². The van der Waals surface area contributed by atoms with E-state index in [1.807, 2.05) is 23.1 Å². The molecule has 132 valence electrons. The average molecular weight is 341 g/mol. The summed E-state index contributed by atoms with van der Waals surface area (Å²) in [5, 5.41) is 0.576. The number of fused-ring (bicyclic) bond motifs is 1. The lowest BCUT2D eigenvalue weighted by molar-refractivity contribution is -0.150. The molecule has 25 heavy (non-hydrogen) atoms. The van der Waals surface area contributed by atoms with E-state index in [0.29, 0.717) is 55.2 Å². The molecule has 1 aromatic carbocycles. The molecule has 2 fully saturated rings. The van der Waals surface area contributed by atoms with Crippen LogP contribution in [0, 0.1) is 5.92 Å². The van der Waals surface area contributed by atoms with Crippen molar-refractivity contribution in [1.29, 1.82) is 0 Å². The number of benzene rings is 1. The van der Waals surface area contributed by atoms with Gasteiger partial charge in [0.1, 0.15) is 5.82 Å². The minimum atomic E-state index is -0.181. The topological polar surface area (TPSA) is 75.3 Å². The van der Waals surface area contributed by atoms with Gasteiger partial charge in [0.05, 0.1) is 29.7 Å². The van der Waals surface area contributed by atoms with Crippen LogP contribution in [0.1, 0.15) is 32.0 Å². The molecule has 6 heteroatoms. The van der Waals surface area contributed by atoms with Crippen LogP contribution in [-0.4, -0.2) is 46.1 Å². The molecule has 1 amide bonds. The third kappa shape index (κ3) is 3.06. The van der Waals surface area contributed by atoms with E-state index in [2.05, 4.69) is 16.9 Å². The van der Waals surface area contributed by atoms with E-state index in [-0.39, 0.29) is 17.0 Å². The number of carbonyl (C=O) groups is 1. The SMILES string of the molecule is CC1(C2CC2)COCCN1C(=O)CCc1nc2ccccc2c(=O)[nH]1. The number of nitrogens with zero attached hydrogens (tertiary/aromatic N) is 2. The van der Waals surface area contributed by atoms with Crippen LogP contribution in [0.2, 0.25) is 0 Å². The number of H-pyrrole nitrogens is 1. The molecule has 1 aliphatic heterocycles. The summed E-state index contributed by atoms with van der Waals surface area (Å²) in [4.78, 5) is 34.2. The monoisotopic (exact) mass is 341 g/mol. The van der Waals surface area contributed by atoms with Crippen LogP contribution >= 0.6 is 0 Å². The maximum absolute atomic E-state index is 12.8. The van der Waals surface area contributed by atoms with Gasteiger partial charge < -0.3 is 14.6 Å². The quantitative estimate of drug-likeness (QED) is 0.921. The minimum absolute atomic E-state index is 0.119. The number of rotatable bonds is 4. The van der Waals surface area contributed by atoms with Crippen LogP contribution in [0.3, 0.4) is 0 Å². The number of hydrogen-bond donors (Lipinski definition) is 1. The first-order valence-corrected chi connectivity index (χ1v) is 8.94. The zero-order valence-corrected chi connectivity index (χ0v) is 14.5. The molecule has 0 bridgehead atoms. The first-order valence-electron chi connectivity index (χ1n) is 8.94. The highest BCUT2D eigenvalue weighted by Crippen LogP contribution is 2.44. The Balaban J connectivity index is 1.49. The summed E-state index contributed by atoms with van der Waals surface area (Å²) in [6.07, 6.45) is 3.13. The zero-order valence-electron chi connectivity index (χ0n) is 14.5. The van der Waals surface area contributed by atoms with E-state index >= 15 is 0 Å². The second kappa shape index (κ2) is 6.26. The number of hydrogen-bond acceptors (Lipinski definition) is 4. The third-order valence-electron chi connectivity index (χ3n) is 5.47. The van der Waals surface area contributed by atoms with Gasteiger partial charge in [-0.15, -0.1) is 0 Å². The van der Waals surface area contributed by atoms with Crippen molar-refractivity contribution in [3.05, 3.63) is 40.4 Å². The Kier molecular flexibility index (Phi) is 4.07. The molecule has 0 radical (unpaired) electrons. The molecule has 1 N–H and O–H groups in total. The van der Waals surface area contributed by atoms with Crippen LogP contribution < -0.4 is 5.56 Å². The molecular formula is C19H23N3O3. The highest BCUT2D eigenvalue weighted by atomic mass is 16.5. The molecule has 1 atom stereocenters. The predicted molar refractivity (Wildman–Crippen MR) is 94.3 cm³/mol. The van der Waals surface area contributed by atoms with E-state index in [4.69, 9.17) is 4.74 Å². The van der Waals surface area contributed by atoms with Crippen molar-refractivity contribution in [2.24, 2.45) is 5.92 Å². The number of morpholine rings is 1. The summed E-state index contributed by atoms with van der Waals surface area (Å²) in [6.45, 7) is 4.00. The maximum Gasteiger partial charge on any atom is 0.258 e. The summed E-state index contributed by atoms with van der Waals surface area (Å²) < 4.78 is 5.64. The Hall–Kier alpha value is -2.21. The lowest BCUT2D eigenvalue weighted by Crippen LogP contribution is -2.58. The Bertz CT molecular complexity index is 858. The second-order valence-corrected chi connectivity index (χ2v) is 7.26. The fourth-order valence-corrected chi connectivity index (χ4v) is 3.83. The van der Waals surface area contributed by atoms with Crippen molar-refractivity contribution in [3.63, 3.8) is 0 Å². The van der Waals surface area contributed by atoms with Crippen LogP contribution in [0.5, 0.6) is 0 Å². The zero-order chi connectivity index (χ0) is 17.4. The smallest absolute Gasteiger partial charge is 0.258 e. The van der Waals surface area contributed by atoms with Crippen molar-refractivity contribution in [2.45, 2.75) is 38.1 Å². The van der Waals surface area contributed by atoms with Crippen LogP contribution in [0.15, 0.2) is 29.1 Å². The van der Waals surface area contributed by atoms with E-state index in [0.717, 1.165) is 0 Å². The summed E-state index contributed by atoms with van der Waals surface area (Å²) in [5.74, 6) is 1.24. The Morgan fingerprint density at radius 1 is 1.40 bits per heavy atom. The minimum Gasteiger partial charge on any atom is -0.377 e. The standard InChI is InChI=1S/C19H23N3O3/c1-19(13-6-7-13)12-25-11-10-22(19)17(23)9-8-16-20-15-5-3-2-4-14(15)18(24)21-16/h2-5,13H,6-12H2,1H3,(H,20,21,24). The fraction of sp³-hybridized carbons (Fsp3) is 0.526. The molecule has 6 nitrogen and oxygen atoms in total. The maximum atomic E-state index is 12.8. The molecule has 2 aliphatic rings. The number of aromatic nitrogens is 2. The molecule has 4 rings (SSSR count). The van der Waals surface area contributed by atoms with E-state index in [1.165, 1.54) is 12.8 Å². The second-order valence-electron chi connectivity index (χ2n) is 7.26. The number of carbonyl (C=O) groups excluding carboxylic acids is 1. The number of ether oxygens (including phenoxy) is 1. The van der Waals surface area contributed by atoms with Gasteiger partial charge in [-0.25, -0.2) is 4.98 Å².